The van der Waals surface area contributed by atoms with Crippen LogP contribution in [0.4, 0.5) is 4.39 Å². The fraction of sp³-hybridized carbons (Fsp3) is 0.286. The SMILES string of the molecule is COc1ccc(C(CNC(=O)c2oc3c(F)cccc3c2C)N(C)C)cc1. The van der Waals surface area contributed by atoms with Crippen molar-refractivity contribution in [3.05, 3.63) is 65.2 Å². The Hall–Kier alpha value is -2.86. The van der Waals surface area contributed by atoms with Crippen LogP contribution in [0.5, 0.6) is 5.75 Å². The van der Waals surface area contributed by atoms with Crippen molar-refractivity contribution >= 4 is 16.9 Å². The summed E-state index contributed by atoms with van der Waals surface area (Å²) in [6, 6.07) is 12.4. The number of fused-ring (bicyclic) bond motifs is 1. The first-order valence-corrected chi connectivity index (χ1v) is 8.68. The summed E-state index contributed by atoms with van der Waals surface area (Å²) in [4.78, 5) is 14.7. The third-order valence-corrected chi connectivity index (χ3v) is 4.70. The second-order valence-electron chi connectivity index (χ2n) is 6.64. The number of carbonyl (C=O) groups excluding carboxylic acids is 1. The number of furan rings is 1. The summed E-state index contributed by atoms with van der Waals surface area (Å²) in [6.45, 7) is 2.14. The molecule has 0 aliphatic carbocycles. The van der Waals surface area contributed by atoms with E-state index in [4.69, 9.17) is 9.15 Å². The highest BCUT2D eigenvalue weighted by Gasteiger charge is 2.21. The van der Waals surface area contributed by atoms with E-state index in [2.05, 4.69) is 5.32 Å². The number of hydrogen-bond acceptors (Lipinski definition) is 4. The van der Waals surface area contributed by atoms with Crippen molar-refractivity contribution in [2.24, 2.45) is 0 Å². The van der Waals surface area contributed by atoms with E-state index in [0.717, 1.165) is 11.3 Å². The maximum absolute atomic E-state index is 13.9. The average Bonchev–Trinajstić information content (AvgIpc) is 3.00. The Morgan fingerprint density at radius 3 is 2.52 bits per heavy atom. The number of likely N-dealkylation sites (N-methyl/N-ethyl adjacent to an activating group) is 1. The predicted octanol–water partition coefficient (Wildman–Crippen LogP) is 3.92. The fourth-order valence-electron chi connectivity index (χ4n) is 3.12. The van der Waals surface area contributed by atoms with Crippen LogP contribution in [0, 0.1) is 12.7 Å². The van der Waals surface area contributed by atoms with Gasteiger partial charge in [0, 0.05) is 17.5 Å². The van der Waals surface area contributed by atoms with Crippen molar-refractivity contribution in [3.8, 4) is 5.75 Å². The highest BCUT2D eigenvalue weighted by molar-refractivity contribution is 5.99. The lowest BCUT2D eigenvalue weighted by Crippen LogP contribution is -2.34. The molecule has 1 aromatic heterocycles. The number of methoxy groups -OCH3 is 1. The predicted molar refractivity (Wildman–Crippen MR) is 103 cm³/mol. The van der Waals surface area contributed by atoms with E-state index in [9.17, 15) is 9.18 Å². The van der Waals surface area contributed by atoms with E-state index in [1.165, 1.54) is 6.07 Å². The highest BCUT2D eigenvalue weighted by Crippen LogP contribution is 2.27. The van der Waals surface area contributed by atoms with Gasteiger partial charge in [0.1, 0.15) is 5.75 Å². The molecule has 0 aliphatic rings. The van der Waals surface area contributed by atoms with Crippen LogP contribution >= 0.6 is 0 Å². The minimum absolute atomic E-state index is 0.0266. The zero-order valence-electron chi connectivity index (χ0n) is 15.9. The van der Waals surface area contributed by atoms with E-state index >= 15 is 0 Å². The standard InChI is InChI=1S/C21H23FN2O3/c1-13-16-6-5-7-17(22)20(16)27-19(13)21(25)23-12-18(24(2)3)14-8-10-15(26-4)11-9-14/h5-11,18H,12H2,1-4H3,(H,23,25). The van der Waals surface area contributed by atoms with Gasteiger partial charge in [0.25, 0.3) is 5.91 Å². The first-order valence-electron chi connectivity index (χ1n) is 8.68. The van der Waals surface area contributed by atoms with Gasteiger partial charge in [-0.2, -0.15) is 0 Å². The molecule has 3 aromatic rings. The van der Waals surface area contributed by atoms with Crippen LogP contribution in [0.3, 0.4) is 0 Å². The second kappa shape index (κ2) is 7.80. The molecule has 0 spiro atoms. The number of nitrogens with one attached hydrogen (secondary N) is 1. The largest absolute Gasteiger partial charge is 0.497 e. The van der Waals surface area contributed by atoms with Gasteiger partial charge in [-0.15, -0.1) is 0 Å². The van der Waals surface area contributed by atoms with Gasteiger partial charge in [0.05, 0.1) is 13.2 Å². The second-order valence-corrected chi connectivity index (χ2v) is 6.64. The highest BCUT2D eigenvalue weighted by atomic mass is 19.1. The molecule has 1 atom stereocenters. The molecule has 142 valence electrons. The maximum Gasteiger partial charge on any atom is 0.287 e. The first-order chi connectivity index (χ1) is 12.9. The van der Waals surface area contributed by atoms with Gasteiger partial charge in [-0.1, -0.05) is 24.3 Å². The van der Waals surface area contributed by atoms with Crippen LogP contribution in [-0.4, -0.2) is 38.6 Å². The summed E-state index contributed by atoms with van der Waals surface area (Å²) >= 11 is 0. The molecule has 1 unspecified atom stereocenters. The lowest BCUT2D eigenvalue weighted by atomic mass is 10.1. The summed E-state index contributed by atoms with van der Waals surface area (Å²) in [7, 11) is 5.52. The summed E-state index contributed by atoms with van der Waals surface area (Å²) < 4.78 is 24.6. The Balaban J connectivity index is 1.78. The van der Waals surface area contributed by atoms with Gasteiger partial charge in [-0.25, -0.2) is 4.39 Å². The van der Waals surface area contributed by atoms with Crippen molar-refractivity contribution in [3.63, 3.8) is 0 Å². The van der Waals surface area contributed by atoms with Gasteiger partial charge in [0.15, 0.2) is 17.2 Å². The molecule has 0 saturated carbocycles. The van der Waals surface area contributed by atoms with Crippen LogP contribution < -0.4 is 10.1 Å². The normalized spacial score (nSPS) is 12.4. The van der Waals surface area contributed by atoms with Crippen molar-refractivity contribution in [2.45, 2.75) is 13.0 Å². The summed E-state index contributed by atoms with van der Waals surface area (Å²) in [5, 5.41) is 3.51. The van der Waals surface area contributed by atoms with Crippen LogP contribution in [0.25, 0.3) is 11.0 Å². The molecule has 1 heterocycles. The van der Waals surface area contributed by atoms with Crippen molar-refractivity contribution in [2.75, 3.05) is 27.7 Å². The quantitative estimate of drug-likeness (QED) is 0.715. The zero-order chi connectivity index (χ0) is 19.6. The molecular weight excluding hydrogens is 347 g/mol. The molecule has 0 bridgehead atoms. The molecule has 1 amide bonds. The average molecular weight is 370 g/mol. The van der Waals surface area contributed by atoms with Crippen LogP contribution in [0.15, 0.2) is 46.9 Å². The van der Waals surface area contributed by atoms with Gasteiger partial charge >= 0.3 is 0 Å². The Bertz CT molecular complexity index is 948. The Morgan fingerprint density at radius 1 is 1.22 bits per heavy atom. The fourth-order valence-corrected chi connectivity index (χ4v) is 3.12. The number of rotatable bonds is 6. The number of halogens is 1. The van der Waals surface area contributed by atoms with Gasteiger partial charge in [0.2, 0.25) is 0 Å². The zero-order valence-corrected chi connectivity index (χ0v) is 15.9. The van der Waals surface area contributed by atoms with Gasteiger partial charge in [-0.05, 0) is 44.8 Å². The molecule has 2 aromatic carbocycles. The number of amides is 1. The van der Waals surface area contributed by atoms with E-state index < -0.39 is 5.82 Å². The number of hydrogen-bond donors (Lipinski definition) is 1. The van der Waals surface area contributed by atoms with Crippen LogP contribution in [-0.2, 0) is 0 Å². The lowest BCUT2D eigenvalue weighted by molar-refractivity contribution is 0.0915. The molecule has 1 N–H and O–H groups in total. The number of ether oxygens (including phenoxy) is 1. The summed E-state index contributed by atoms with van der Waals surface area (Å²) in [6.07, 6.45) is 0. The maximum atomic E-state index is 13.9. The molecule has 0 saturated heterocycles. The van der Waals surface area contributed by atoms with E-state index in [0.29, 0.717) is 17.5 Å². The minimum atomic E-state index is -0.473. The van der Waals surface area contributed by atoms with Gasteiger partial charge in [-0.3, -0.25) is 4.79 Å². The number of benzene rings is 2. The monoisotopic (exact) mass is 370 g/mol. The Kier molecular flexibility index (Phi) is 5.46. The lowest BCUT2D eigenvalue weighted by Gasteiger charge is -2.25. The molecule has 0 radical (unpaired) electrons. The van der Waals surface area contributed by atoms with Crippen LogP contribution in [0.1, 0.15) is 27.7 Å². The number of nitrogens with zero attached hydrogens (tertiary/aromatic N) is 1. The van der Waals surface area contributed by atoms with Crippen LogP contribution in [0.2, 0.25) is 0 Å². The third kappa shape index (κ3) is 3.80. The number of carbonyl (C=O) groups is 1. The molecule has 5 nitrogen and oxygen atoms in total. The van der Waals surface area contributed by atoms with Crippen molar-refractivity contribution < 1.29 is 18.3 Å². The molecule has 0 aliphatic heterocycles. The summed E-state index contributed by atoms with van der Waals surface area (Å²) in [5.41, 5.74) is 1.79. The molecule has 6 heteroatoms. The number of para-hydroxylation sites is 1. The van der Waals surface area contributed by atoms with E-state index in [1.54, 1.807) is 26.2 Å². The van der Waals surface area contributed by atoms with Crippen molar-refractivity contribution in [1.82, 2.24) is 10.2 Å². The van der Waals surface area contributed by atoms with E-state index in [1.807, 2.05) is 43.3 Å². The topological polar surface area (TPSA) is 54.7 Å². The summed E-state index contributed by atoms with van der Waals surface area (Å²) in [5.74, 6) is 0.0880. The van der Waals surface area contributed by atoms with Gasteiger partial charge < -0.3 is 19.4 Å². The van der Waals surface area contributed by atoms with E-state index in [-0.39, 0.29) is 23.3 Å². The first kappa shape index (κ1) is 18.9. The smallest absolute Gasteiger partial charge is 0.287 e. The minimum Gasteiger partial charge on any atom is -0.497 e. The Morgan fingerprint density at radius 2 is 1.93 bits per heavy atom. The molecule has 3 rings (SSSR count). The molecular formula is C21H23FN2O3. The Labute approximate surface area is 157 Å². The molecule has 0 fully saturated rings. The molecule has 27 heavy (non-hydrogen) atoms. The van der Waals surface area contributed by atoms with Crippen molar-refractivity contribution in [1.29, 1.82) is 0 Å². The third-order valence-electron chi connectivity index (χ3n) is 4.70. The number of aryl methyl sites for hydroxylation is 1.